The van der Waals surface area contributed by atoms with Gasteiger partial charge in [0.05, 0.1) is 18.2 Å². The van der Waals surface area contributed by atoms with Crippen molar-refractivity contribution in [2.75, 3.05) is 0 Å². The maximum Gasteiger partial charge on any atom is 2.00 e. The van der Waals surface area contributed by atoms with Gasteiger partial charge in [-0.25, -0.2) is 9.78 Å². The molecule has 8 aromatic rings. The fourth-order valence-electron chi connectivity index (χ4n) is 7.40. The Morgan fingerprint density at radius 1 is 0.942 bits per heavy atom. The molecule has 1 aliphatic heterocycles. The molecule has 0 saturated carbocycles. The molecule has 0 unspecified atom stereocenters. The van der Waals surface area contributed by atoms with E-state index in [0.717, 1.165) is 11.1 Å². The molecule has 0 N–H and O–H groups in total. The van der Waals surface area contributed by atoms with E-state index in [1.54, 1.807) is 36.5 Å². The minimum absolute atomic E-state index is 0. The van der Waals surface area contributed by atoms with Gasteiger partial charge in [-0.15, -0.1) is 30.3 Å². The summed E-state index contributed by atoms with van der Waals surface area (Å²) in [5, 5.41) is 1.38. The standard InChI is InChI=1S/C44H38N4O3.Pt/c1-25-14-18-32-38-36(25)30-17-15-28(23-31(30)40-46-37(26-12-10-9-11-13-26)39(48(38)40)44(7,8)43(32,5)6)50-29-16-19-34-33(24-29)47(41(49)51-34)35-22-27(20-21-45-35)42(2,3)4;/h9-22H,1-8H3;/q-2;+2/i1D3,9D,10D,11D,12D,13D;. The monoisotopic (exact) mass is 873 g/mol. The van der Waals surface area contributed by atoms with Crippen molar-refractivity contribution in [2.45, 2.75) is 71.6 Å². The smallest absolute Gasteiger partial charge is 0.503 e. The number of fused-ring (bicyclic) bond motifs is 4. The third-order valence-corrected chi connectivity index (χ3v) is 10.8. The molecule has 0 radical (unpaired) electrons. The maximum atomic E-state index is 13.2. The Hall–Kier alpha value is -5.00. The Morgan fingerprint density at radius 2 is 1.69 bits per heavy atom. The maximum absolute atomic E-state index is 13.2. The van der Waals surface area contributed by atoms with E-state index in [2.05, 4.69) is 51.7 Å². The largest absolute Gasteiger partial charge is 2.00 e. The zero-order chi connectivity index (χ0) is 42.5. The zero-order valence-electron chi connectivity index (χ0n) is 37.5. The van der Waals surface area contributed by atoms with Crippen LogP contribution in [-0.2, 0) is 37.3 Å². The first kappa shape index (κ1) is 25.9. The molecule has 0 fully saturated rings. The molecule has 0 amide bonds. The average Bonchev–Trinajstić information content (AvgIpc) is 3.73. The third-order valence-electron chi connectivity index (χ3n) is 10.8. The molecule has 0 spiro atoms. The van der Waals surface area contributed by atoms with Crippen LogP contribution in [0.2, 0.25) is 0 Å². The Kier molecular flexibility index (Phi) is 5.72. The van der Waals surface area contributed by atoms with Crippen molar-refractivity contribution in [1.29, 1.82) is 0 Å². The minimum Gasteiger partial charge on any atom is -0.503 e. The molecule has 1 aliphatic rings. The first-order chi connectivity index (χ1) is 27.5. The van der Waals surface area contributed by atoms with Crippen molar-refractivity contribution < 1.29 is 41.2 Å². The SMILES string of the molecule is [2H]c1c([2H])c([2H])c(-c2nc3c4[c-]c(Oc5[c-]c6c(cc5)oc(=O)n6-c5cc(C(C)(C)C)ccn5)ccc4c4c(C([2H])([2H])[2H])ccc5c4n3c2C(C)(C)C5(C)C)c([2H])c1[2H].[Pt+2]. The molecule has 0 bridgehead atoms. The van der Waals surface area contributed by atoms with Gasteiger partial charge < -0.3 is 13.6 Å². The van der Waals surface area contributed by atoms with Gasteiger partial charge in [0.25, 0.3) is 0 Å². The Balaban J connectivity index is 0.00000499. The summed E-state index contributed by atoms with van der Waals surface area (Å²) in [6.45, 7) is 11.8. The summed E-state index contributed by atoms with van der Waals surface area (Å²) in [6, 6.07) is 18.1. The molecule has 4 aromatic heterocycles. The second-order valence-corrected chi connectivity index (χ2v) is 15.2. The van der Waals surface area contributed by atoms with Crippen LogP contribution in [0.15, 0.2) is 94.2 Å². The molecule has 9 rings (SSSR count). The second-order valence-electron chi connectivity index (χ2n) is 15.2. The number of aryl methyl sites for hydroxylation is 1. The second kappa shape index (κ2) is 11.5. The van der Waals surface area contributed by atoms with E-state index in [1.165, 1.54) is 4.57 Å². The zero-order valence-corrected chi connectivity index (χ0v) is 31.8. The van der Waals surface area contributed by atoms with Crippen LogP contribution in [0.3, 0.4) is 0 Å². The summed E-state index contributed by atoms with van der Waals surface area (Å²) in [6.07, 6.45) is 1.64. The van der Waals surface area contributed by atoms with E-state index in [4.69, 9.17) is 25.1 Å². The van der Waals surface area contributed by atoms with Gasteiger partial charge in [-0.05, 0) is 46.4 Å². The summed E-state index contributed by atoms with van der Waals surface area (Å²) in [5.74, 6) is 0.171. The molecule has 0 atom stereocenters. The van der Waals surface area contributed by atoms with Crippen LogP contribution in [0.1, 0.15) is 81.8 Å². The van der Waals surface area contributed by atoms with Gasteiger partial charge >= 0.3 is 26.8 Å². The number of ether oxygens (including phenoxy) is 1. The fourth-order valence-corrected chi connectivity index (χ4v) is 7.40. The number of hydrogen-bond donors (Lipinski definition) is 0. The van der Waals surface area contributed by atoms with Crippen molar-refractivity contribution in [1.82, 2.24) is 18.9 Å². The Morgan fingerprint density at radius 3 is 2.44 bits per heavy atom. The van der Waals surface area contributed by atoms with Crippen LogP contribution in [0.25, 0.3) is 55.5 Å². The van der Waals surface area contributed by atoms with Crippen molar-refractivity contribution in [3.63, 3.8) is 0 Å². The van der Waals surface area contributed by atoms with E-state index in [9.17, 15) is 4.79 Å². The summed E-state index contributed by atoms with van der Waals surface area (Å²) in [5.41, 5.74) is 2.55. The van der Waals surface area contributed by atoms with Gasteiger partial charge in [0.1, 0.15) is 5.82 Å². The number of hydrogen-bond acceptors (Lipinski definition) is 5. The van der Waals surface area contributed by atoms with Gasteiger partial charge in [-0.2, -0.15) is 0 Å². The van der Waals surface area contributed by atoms with Crippen LogP contribution in [-0.4, -0.2) is 18.9 Å². The first-order valence-corrected chi connectivity index (χ1v) is 16.7. The summed E-state index contributed by atoms with van der Waals surface area (Å²) >= 11 is 0. The van der Waals surface area contributed by atoms with Gasteiger partial charge in [-0.1, -0.05) is 113 Å². The van der Waals surface area contributed by atoms with Crippen LogP contribution in [0.4, 0.5) is 0 Å². The molecule has 0 saturated heterocycles. The van der Waals surface area contributed by atoms with Gasteiger partial charge in [-0.3, -0.25) is 9.55 Å². The summed E-state index contributed by atoms with van der Waals surface area (Å²) in [4.78, 5) is 22.7. The van der Waals surface area contributed by atoms with Crippen molar-refractivity contribution in [3.05, 3.63) is 130 Å². The quantitative estimate of drug-likeness (QED) is 0.130. The molecule has 5 heterocycles. The Labute approximate surface area is 327 Å². The fraction of sp³-hybridized carbons (Fsp3) is 0.250. The molecular formula is C44H38N4O3Pt. The van der Waals surface area contributed by atoms with E-state index in [0.29, 0.717) is 44.4 Å². The van der Waals surface area contributed by atoms with Crippen molar-refractivity contribution in [3.8, 4) is 28.6 Å². The summed E-state index contributed by atoms with van der Waals surface area (Å²) < 4.78 is 84.3. The van der Waals surface area contributed by atoms with Crippen LogP contribution >= 0.6 is 0 Å². The predicted octanol–water partition coefficient (Wildman–Crippen LogP) is 10.2. The minimum atomic E-state index is -2.52. The summed E-state index contributed by atoms with van der Waals surface area (Å²) in [7, 11) is 0. The Bertz CT molecular complexity index is 3180. The number of nitrogens with zero attached hydrogens (tertiary/aromatic N) is 4. The van der Waals surface area contributed by atoms with Gasteiger partial charge in [0.2, 0.25) is 0 Å². The third kappa shape index (κ3) is 4.78. The van der Waals surface area contributed by atoms with E-state index in [1.807, 2.05) is 36.4 Å². The molecule has 7 nitrogen and oxygen atoms in total. The number of rotatable bonds is 4. The number of benzene rings is 4. The number of aromatic nitrogens is 4. The van der Waals surface area contributed by atoms with E-state index < -0.39 is 53.7 Å². The number of oxazole rings is 1. The molecular weight excluding hydrogens is 828 g/mol. The van der Waals surface area contributed by atoms with E-state index in [-0.39, 0.29) is 60.4 Å². The predicted molar refractivity (Wildman–Crippen MR) is 202 cm³/mol. The average molecular weight is 874 g/mol. The number of imidazole rings is 1. The molecule has 4 aromatic carbocycles. The topological polar surface area (TPSA) is 74.6 Å². The van der Waals surface area contributed by atoms with Crippen LogP contribution in [0.5, 0.6) is 11.5 Å². The van der Waals surface area contributed by atoms with Crippen LogP contribution < -0.4 is 10.5 Å². The molecule has 0 aliphatic carbocycles. The van der Waals surface area contributed by atoms with E-state index >= 15 is 0 Å². The molecule has 8 heteroatoms. The molecule has 52 heavy (non-hydrogen) atoms. The van der Waals surface area contributed by atoms with Gasteiger partial charge in [0, 0.05) is 55.0 Å². The van der Waals surface area contributed by atoms with Crippen molar-refractivity contribution >= 4 is 38.4 Å². The molecule has 262 valence electrons. The van der Waals surface area contributed by atoms with Crippen molar-refractivity contribution in [2.24, 2.45) is 0 Å². The number of pyridine rings is 2. The van der Waals surface area contributed by atoms with Gasteiger partial charge in [0.15, 0.2) is 0 Å². The first-order valence-electron chi connectivity index (χ1n) is 20.7. The normalized spacial score (nSPS) is 17.2. The van der Waals surface area contributed by atoms with Crippen LogP contribution in [0, 0.1) is 19.0 Å².